The molecule has 0 heterocycles. The number of amidine groups is 1. The number of rotatable bonds is 7. The molecule has 0 amide bonds. The van der Waals surface area contributed by atoms with Crippen LogP contribution in [0.5, 0.6) is 0 Å². The van der Waals surface area contributed by atoms with Crippen molar-refractivity contribution in [2.75, 3.05) is 10.8 Å². The van der Waals surface area contributed by atoms with Crippen LogP contribution in [-0.2, 0) is 0 Å². The summed E-state index contributed by atoms with van der Waals surface area (Å²) in [5, 5.41) is 6.78. The summed E-state index contributed by atoms with van der Waals surface area (Å²) in [4.78, 5) is 0. The van der Waals surface area contributed by atoms with Gasteiger partial charge in [-0.3, -0.25) is 11.1 Å². The highest BCUT2D eigenvalue weighted by molar-refractivity contribution is 8.23. The van der Waals surface area contributed by atoms with E-state index in [0.717, 1.165) is 5.08 Å². The molecule has 0 atom stereocenters. The van der Waals surface area contributed by atoms with E-state index in [1.54, 1.807) is 0 Å². The number of unbranched alkanes of at least 4 members (excludes halogenated alkanes) is 3. The largest absolute Gasteiger partial charge is 0.300 e. The Morgan fingerprint density at radius 1 is 1.31 bits per heavy atom. The molecule has 13 heavy (non-hydrogen) atoms. The van der Waals surface area contributed by atoms with E-state index < -0.39 is 0 Å². The number of thioether (sulfide) groups is 2. The molecular weight excluding hydrogens is 224 g/mol. The standard InChI is InChI=1S/C8H18N2S2.ClH/c1-2-3-4-5-6-11-7-12-8(9)10;/h2-7H2,1H3,(H3,9,10);1H/p+1. The minimum Gasteiger partial charge on any atom is -0.282 e. The summed E-state index contributed by atoms with van der Waals surface area (Å²) >= 11 is 3.44. The van der Waals surface area contributed by atoms with E-state index in [4.69, 9.17) is 11.1 Å². The Kier molecular flexibility index (Phi) is 15.3. The van der Waals surface area contributed by atoms with Crippen molar-refractivity contribution in [1.29, 1.82) is 0 Å². The molecule has 2 nitrogen and oxygen atoms in total. The lowest BCUT2D eigenvalue weighted by Gasteiger charge is -1.98. The third-order valence-electron chi connectivity index (χ3n) is 1.45. The molecule has 0 saturated carbocycles. The maximum absolute atomic E-state index is 5.30. The normalized spacial score (nSPS) is 9.31. The second kappa shape index (κ2) is 12.5. The molecule has 0 rings (SSSR count). The molecule has 5 heteroatoms. The molecule has 0 aliphatic carbocycles. The average molecular weight is 244 g/mol. The highest BCUT2D eigenvalue weighted by atomic mass is 35.5. The summed E-state index contributed by atoms with van der Waals surface area (Å²) in [7, 11) is 0. The summed E-state index contributed by atoms with van der Waals surface area (Å²) in [5.74, 6) is 1.24. The van der Waals surface area contributed by atoms with Crippen LogP contribution < -0.4 is 11.1 Å². The minimum absolute atomic E-state index is 0. The predicted octanol–water partition coefficient (Wildman–Crippen LogP) is 1.49. The topological polar surface area (TPSA) is 51.6 Å². The van der Waals surface area contributed by atoms with Crippen LogP contribution in [0, 0.1) is 0 Å². The molecule has 0 radical (unpaired) electrons. The molecule has 0 unspecified atom stereocenters. The van der Waals surface area contributed by atoms with Crippen LogP contribution in [0.1, 0.15) is 32.6 Å². The fourth-order valence-corrected chi connectivity index (χ4v) is 2.56. The maximum atomic E-state index is 5.30. The van der Waals surface area contributed by atoms with E-state index in [1.807, 2.05) is 11.8 Å². The van der Waals surface area contributed by atoms with Gasteiger partial charge in [-0.05, 0) is 23.9 Å². The van der Waals surface area contributed by atoms with Crippen molar-refractivity contribution in [2.24, 2.45) is 5.73 Å². The second-order valence-corrected chi connectivity index (χ2v) is 5.15. The van der Waals surface area contributed by atoms with Gasteiger partial charge in [0.1, 0.15) is 0 Å². The van der Waals surface area contributed by atoms with Crippen LogP contribution >= 0.6 is 35.9 Å². The van der Waals surface area contributed by atoms with Crippen LogP contribution in [0.25, 0.3) is 0 Å². The molecule has 80 valence electrons. The van der Waals surface area contributed by atoms with Gasteiger partial charge in [0.2, 0.25) is 0 Å². The second-order valence-electron chi connectivity index (χ2n) is 2.63. The maximum Gasteiger partial charge on any atom is 0.300 e. The van der Waals surface area contributed by atoms with Crippen molar-refractivity contribution in [3.8, 4) is 0 Å². The van der Waals surface area contributed by atoms with E-state index in [1.165, 1.54) is 43.2 Å². The molecule has 0 aromatic heterocycles. The summed E-state index contributed by atoms with van der Waals surface area (Å²) in [6.07, 6.45) is 5.35. The molecule has 0 saturated heterocycles. The fraction of sp³-hybridized carbons (Fsp3) is 0.875. The Morgan fingerprint density at radius 2 is 2.00 bits per heavy atom. The Balaban J connectivity index is 0. The Labute approximate surface area is 95.7 Å². The molecule has 0 spiro atoms. The first-order valence-electron chi connectivity index (χ1n) is 4.35. The van der Waals surface area contributed by atoms with Crippen molar-refractivity contribution in [1.82, 2.24) is 0 Å². The van der Waals surface area contributed by atoms with Gasteiger partial charge in [-0.15, -0.1) is 12.4 Å². The van der Waals surface area contributed by atoms with E-state index in [9.17, 15) is 0 Å². The minimum atomic E-state index is 0. The summed E-state index contributed by atoms with van der Waals surface area (Å²) in [6.45, 7) is 2.23. The number of nitrogens with two attached hydrogens (primary N) is 2. The van der Waals surface area contributed by atoms with Crippen molar-refractivity contribution in [3.63, 3.8) is 0 Å². The van der Waals surface area contributed by atoms with Gasteiger partial charge in [-0.1, -0.05) is 26.2 Å². The van der Waals surface area contributed by atoms with Crippen LogP contribution in [0.2, 0.25) is 0 Å². The third kappa shape index (κ3) is 15.2. The van der Waals surface area contributed by atoms with Crippen molar-refractivity contribution in [3.05, 3.63) is 0 Å². The smallest absolute Gasteiger partial charge is 0.282 e. The fourth-order valence-electron chi connectivity index (χ4n) is 0.800. The first kappa shape index (κ1) is 15.9. The third-order valence-corrected chi connectivity index (χ3v) is 3.50. The average Bonchev–Trinajstić information content (AvgIpc) is 2.02. The summed E-state index contributed by atoms with van der Waals surface area (Å²) < 4.78 is 0. The van der Waals surface area contributed by atoms with Crippen molar-refractivity contribution < 1.29 is 5.41 Å². The molecule has 0 bridgehead atoms. The van der Waals surface area contributed by atoms with Crippen molar-refractivity contribution >= 4 is 41.1 Å². The van der Waals surface area contributed by atoms with Crippen LogP contribution in [0.15, 0.2) is 0 Å². The SMILES string of the molecule is CCCCCCSCSC(N)=[NH2+].Cl. The van der Waals surface area contributed by atoms with Gasteiger partial charge in [-0.25, -0.2) is 0 Å². The predicted molar refractivity (Wildman–Crippen MR) is 67.4 cm³/mol. The highest BCUT2D eigenvalue weighted by Crippen LogP contribution is 2.13. The molecule has 4 N–H and O–H groups in total. The Morgan fingerprint density at radius 3 is 2.54 bits per heavy atom. The van der Waals surface area contributed by atoms with Gasteiger partial charge in [-0.2, -0.15) is 11.8 Å². The summed E-state index contributed by atoms with van der Waals surface area (Å²) in [5.41, 5.74) is 5.30. The van der Waals surface area contributed by atoms with Gasteiger partial charge >= 0.3 is 5.17 Å². The zero-order valence-electron chi connectivity index (χ0n) is 8.12. The molecular formula is C8H20ClN2S2+. The van der Waals surface area contributed by atoms with E-state index in [0.29, 0.717) is 5.17 Å². The van der Waals surface area contributed by atoms with Crippen LogP contribution in [-0.4, -0.2) is 16.0 Å². The Hall–Kier alpha value is 0.460. The lowest BCUT2D eigenvalue weighted by molar-refractivity contribution is -0.110. The number of hydrogen-bond acceptors (Lipinski definition) is 2. The van der Waals surface area contributed by atoms with Crippen LogP contribution in [0.4, 0.5) is 0 Å². The van der Waals surface area contributed by atoms with Crippen LogP contribution in [0.3, 0.4) is 0 Å². The molecule has 0 aromatic rings. The molecule has 0 aromatic carbocycles. The van der Waals surface area contributed by atoms with E-state index in [2.05, 4.69) is 6.92 Å². The van der Waals surface area contributed by atoms with Gasteiger partial charge in [0.05, 0.1) is 5.08 Å². The first-order chi connectivity index (χ1) is 5.77. The monoisotopic (exact) mass is 243 g/mol. The lowest BCUT2D eigenvalue weighted by atomic mass is 10.2. The quantitative estimate of drug-likeness (QED) is 0.308. The highest BCUT2D eigenvalue weighted by Gasteiger charge is 1.95. The number of hydrogen-bond donors (Lipinski definition) is 2. The zero-order chi connectivity index (χ0) is 9.23. The summed E-state index contributed by atoms with van der Waals surface area (Å²) in [6, 6.07) is 0. The van der Waals surface area contributed by atoms with Gasteiger partial charge in [0.15, 0.2) is 0 Å². The van der Waals surface area contributed by atoms with Gasteiger partial charge in [0, 0.05) is 0 Å². The molecule has 0 fully saturated rings. The van der Waals surface area contributed by atoms with Gasteiger partial charge in [0.25, 0.3) is 0 Å². The molecule has 0 aliphatic rings. The lowest BCUT2D eigenvalue weighted by Crippen LogP contribution is -2.43. The number of halogens is 1. The van der Waals surface area contributed by atoms with E-state index >= 15 is 0 Å². The molecule has 0 aliphatic heterocycles. The van der Waals surface area contributed by atoms with E-state index in [-0.39, 0.29) is 12.4 Å². The zero-order valence-corrected chi connectivity index (χ0v) is 10.6. The Bertz CT molecular complexity index is 123. The first-order valence-corrected chi connectivity index (χ1v) is 6.49. The van der Waals surface area contributed by atoms with Gasteiger partial charge < -0.3 is 0 Å². The van der Waals surface area contributed by atoms with Crippen molar-refractivity contribution in [2.45, 2.75) is 32.6 Å².